The van der Waals surface area contributed by atoms with E-state index in [1.165, 1.54) is 14.2 Å². The van der Waals surface area contributed by atoms with Gasteiger partial charge in [0.25, 0.3) is 5.91 Å². The summed E-state index contributed by atoms with van der Waals surface area (Å²) in [6.07, 6.45) is 1.02. The van der Waals surface area contributed by atoms with Crippen molar-refractivity contribution in [3.63, 3.8) is 0 Å². The topological polar surface area (TPSA) is 67.8 Å². The number of amides is 1. The van der Waals surface area contributed by atoms with Gasteiger partial charge in [0.1, 0.15) is 7.11 Å². The summed E-state index contributed by atoms with van der Waals surface area (Å²) in [5.41, 5.74) is 4.28. The van der Waals surface area contributed by atoms with Crippen molar-refractivity contribution in [3.05, 3.63) is 58.2 Å². The highest BCUT2D eigenvalue weighted by atomic mass is 16.6. The summed E-state index contributed by atoms with van der Waals surface area (Å²) >= 11 is 0. The van der Waals surface area contributed by atoms with Gasteiger partial charge in [-0.3, -0.25) is 9.59 Å². The minimum Gasteiger partial charge on any atom is -0.398 e. The second kappa shape index (κ2) is 17.2. The van der Waals surface area contributed by atoms with Gasteiger partial charge in [-0.25, -0.2) is 0 Å². The predicted molar refractivity (Wildman–Crippen MR) is 128 cm³/mol. The summed E-state index contributed by atoms with van der Waals surface area (Å²) < 4.78 is 0. The van der Waals surface area contributed by atoms with Gasteiger partial charge in [-0.2, -0.15) is 0 Å². The third-order valence-electron chi connectivity index (χ3n) is 4.20. The Morgan fingerprint density at radius 2 is 1.33 bits per heavy atom. The van der Waals surface area contributed by atoms with Crippen molar-refractivity contribution >= 4 is 17.4 Å². The Bertz CT molecular complexity index is 745. The number of benzene rings is 1. The molecule has 0 heterocycles. The number of hydrogen-bond donors (Lipinski definition) is 1. The molecule has 30 heavy (non-hydrogen) atoms. The number of carbonyl (C=O) groups is 2. The van der Waals surface area contributed by atoms with E-state index in [4.69, 9.17) is 4.84 Å². The number of oxime groups is 1. The van der Waals surface area contributed by atoms with E-state index in [1.807, 2.05) is 73.6 Å². The maximum Gasteiger partial charge on any atom is 0.273 e. The second-order valence-corrected chi connectivity index (χ2v) is 5.77. The van der Waals surface area contributed by atoms with Crippen LogP contribution in [0.5, 0.6) is 0 Å². The molecule has 0 spiro atoms. The molecule has 0 unspecified atom stereocenters. The van der Waals surface area contributed by atoms with Crippen LogP contribution >= 0.6 is 0 Å². The van der Waals surface area contributed by atoms with Gasteiger partial charge in [-0.15, -0.1) is 0 Å². The van der Waals surface area contributed by atoms with Crippen LogP contribution < -0.4 is 5.32 Å². The first kappa shape index (κ1) is 29.5. The molecule has 0 bridgehead atoms. The average Bonchev–Trinajstić information content (AvgIpc) is 2.82. The van der Waals surface area contributed by atoms with Gasteiger partial charge in [-0.1, -0.05) is 88.2 Å². The number of carbonyl (C=O) groups excluding carboxylic acids is 2. The zero-order valence-electron chi connectivity index (χ0n) is 20.5. The fraction of sp³-hybridized carbons (Fsp3) is 0.480. The molecule has 5 heteroatoms. The Balaban J connectivity index is 0. The van der Waals surface area contributed by atoms with Gasteiger partial charge in [0.2, 0.25) is 0 Å². The standard InChI is InChI=1S/C19H22N2O3.3C2H6/c1-12-10-15(17(21-24-4)19(23)20-3)16(11-13(12)2)18(22)14-8-6-5-7-9-14;3*1-2/h5-9H,10-11H2,1-4H3,(H,20,23);3*1-2H3/b21-17-;;;. The number of allylic oxidation sites excluding steroid dienone is 3. The summed E-state index contributed by atoms with van der Waals surface area (Å²) in [4.78, 5) is 30.0. The lowest BCUT2D eigenvalue weighted by atomic mass is 9.82. The zero-order valence-corrected chi connectivity index (χ0v) is 20.5. The quantitative estimate of drug-likeness (QED) is 0.272. The van der Waals surface area contributed by atoms with Crippen molar-refractivity contribution in [2.24, 2.45) is 5.16 Å². The SMILES string of the molecule is CC.CC.CC.CNC(=O)/C(=N\OC)C1=C(C(=O)c2ccccc2)CC(C)=C(C)C1. The summed E-state index contributed by atoms with van der Waals surface area (Å²) in [7, 11) is 2.92. The van der Waals surface area contributed by atoms with Crippen LogP contribution in [0.15, 0.2) is 57.8 Å². The van der Waals surface area contributed by atoms with Crippen molar-refractivity contribution in [2.45, 2.75) is 68.2 Å². The van der Waals surface area contributed by atoms with E-state index in [0.717, 1.165) is 11.1 Å². The minimum absolute atomic E-state index is 0.0786. The van der Waals surface area contributed by atoms with Gasteiger partial charge in [0.05, 0.1) is 0 Å². The number of rotatable bonds is 5. The van der Waals surface area contributed by atoms with Gasteiger partial charge in [-0.05, 0) is 32.3 Å². The highest BCUT2D eigenvalue weighted by Crippen LogP contribution is 2.32. The summed E-state index contributed by atoms with van der Waals surface area (Å²) in [5.74, 6) is -0.442. The number of nitrogens with one attached hydrogen (secondary N) is 1. The molecule has 1 amide bonds. The monoisotopic (exact) mass is 416 g/mol. The lowest BCUT2D eigenvalue weighted by Gasteiger charge is -2.22. The van der Waals surface area contributed by atoms with E-state index in [2.05, 4.69) is 10.5 Å². The molecule has 0 saturated heterocycles. The molecule has 1 aromatic carbocycles. The lowest BCUT2D eigenvalue weighted by Crippen LogP contribution is -2.31. The molecule has 1 aliphatic carbocycles. The predicted octanol–water partition coefficient (Wildman–Crippen LogP) is 6.12. The molecular formula is C25H40N2O3. The molecule has 1 N–H and O–H groups in total. The smallest absolute Gasteiger partial charge is 0.273 e. The molecule has 2 rings (SSSR count). The third kappa shape index (κ3) is 8.36. The number of hydrogen-bond acceptors (Lipinski definition) is 4. The highest BCUT2D eigenvalue weighted by Gasteiger charge is 2.28. The van der Waals surface area contributed by atoms with Crippen LogP contribution in [0.25, 0.3) is 0 Å². The molecule has 1 aromatic rings. The van der Waals surface area contributed by atoms with E-state index in [0.29, 0.717) is 29.6 Å². The molecule has 0 aliphatic heterocycles. The van der Waals surface area contributed by atoms with Crippen LogP contribution in [0.1, 0.15) is 78.6 Å². The molecule has 0 aromatic heterocycles. The Labute approximate surface area is 183 Å². The number of Topliss-reactive ketones (excluding diaryl/α,β-unsaturated/α-hetero) is 1. The zero-order chi connectivity index (χ0) is 23.7. The van der Waals surface area contributed by atoms with E-state index >= 15 is 0 Å². The van der Waals surface area contributed by atoms with Crippen LogP contribution in [-0.4, -0.2) is 31.6 Å². The maximum atomic E-state index is 13.0. The number of ketones is 1. The lowest BCUT2D eigenvalue weighted by molar-refractivity contribution is -0.114. The van der Waals surface area contributed by atoms with Crippen LogP contribution in [-0.2, 0) is 9.63 Å². The average molecular weight is 417 g/mol. The van der Waals surface area contributed by atoms with Gasteiger partial charge < -0.3 is 10.2 Å². The van der Waals surface area contributed by atoms with Gasteiger partial charge in [0.15, 0.2) is 11.5 Å². The van der Waals surface area contributed by atoms with E-state index < -0.39 is 0 Å². The van der Waals surface area contributed by atoms with Crippen LogP contribution in [0, 0.1) is 0 Å². The molecule has 0 fully saturated rings. The third-order valence-corrected chi connectivity index (χ3v) is 4.20. The molecule has 168 valence electrons. The van der Waals surface area contributed by atoms with Gasteiger partial charge >= 0.3 is 0 Å². The Kier molecular flexibility index (Phi) is 16.9. The van der Waals surface area contributed by atoms with Crippen molar-refractivity contribution in [1.82, 2.24) is 5.32 Å². The maximum absolute atomic E-state index is 13.0. The molecule has 5 nitrogen and oxygen atoms in total. The summed E-state index contributed by atoms with van der Waals surface area (Å²) in [5, 5.41) is 6.44. The molecule has 1 aliphatic rings. The van der Waals surface area contributed by atoms with Gasteiger partial charge in [0, 0.05) is 18.2 Å². The van der Waals surface area contributed by atoms with Crippen molar-refractivity contribution in [2.75, 3.05) is 14.2 Å². The van der Waals surface area contributed by atoms with Crippen molar-refractivity contribution in [3.8, 4) is 0 Å². The first-order chi connectivity index (χ1) is 14.5. The molecular weight excluding hydrogens is 376 g/mol. The molecule has 0 atom stereocenters. The Hall–Kier alpha value is -2.69. The van der Waals surface area contributed by atoms with E-state index in [1.54, 1.807) is 12.1 Å². The summed E-state index contributed by atoms with van der Waals surface area (Å²) in [6, 6.07) is 9.08. The van der Waals surface area contributed by atoms with Crippen molar-refractivity contribution in [1.29, 1.82) is 0 Å². The van der Waals surface area contributed by atoms with Crippen LogP contribution in [0.4, 0.5) is 0 Å². The Morgan fingerprint density at radius 3 is 1.77 bits per heavy atom. The largest absolute Gasteiger partial charge is 0.398 e. The van der Waals surface area contributed by atoms with Crippen LogP contribution in [0.2, 0.25) is 0 Å². The molecule has 0 radical (unpaired) electrons. The first-order valence-corrected chi connectivity index (χ1v) is 10.8. The van der Waals surface area contributed by atoms with E-state index in [-0.39, 0.29) is 17.4 Å². The summed E-state index contributed by atoms with van der Waals surface area (Å²) in [6.45, 7) is 16.0. The van der Waals surface area contributed by atoms with E-state index in [9.17, 15) is 9.59 Å². The number of nitrogens with zero attached hydrogens (tertiary/aromatic N) is 1. The highest BCUT2D eigenvalue weighted by molar-refractivity contribution is 6.46. The minimum atomic E-state index is -0.363. The molecule has 0 saturated carbocycles. The normalized spacial score (nSPS) is 12.9. The Morgan fingerprint density at radius 1 is 0.867 bits per heavy atom. The van der Waals surface area contributed by atoms with Crippen molar-refractivity contribution < 1.29 is 14.4 Å². The van der Waals surface area contributed by atoms with Crippen LogP contribution in [0.3, 0.4) is 0 Å². The second-order valence-electron chi connectivity index (χ2n) is 5.77. The fourth-order valence-electron chi connectivity index (χ4n) is 2.70. The fourth-order valence-corrected chi connectivity index (χ4v) is 2.70. The first-order valence-electron chi connectivity index (χ1n) is 10.8.